The third-order valence-corrected chi connectivity index (χ3v) is 7.28. The number of benzene rings is 2. The summed E-state index contributed by atoms with van der Waals surface area (Å²) in [6.45, 7) is 1.09. The number of imidazole rings is 1. The third-order valence-electron chi connectivity index (χ3n) is 6.96. The van der Waals surface area contributed by atoms with E-state index >= 15 is 0 Å². The van der Waals surface area contributed by atoms with Crippen molar-refractivity contribution in [1.29, 1.82) is 0 Å². The van der Waals surface area contributed by atoms with E-state index in [-0.39, 0.29) is 17.6 Å². The SMILES string of the molecule is Cn1cccc1-c1cc(C(=O)N2CCC(n3c(=O)[nH]c4ccccc43)CC2)n(-c2ccccc2Cl)n1. The first-order valence-corrected chi connectivity index (χ1v) is 12.3. The van der Waals surface area contributed by atoms with Gasteiger partial charge >= 0.3 is 5.69 Å². The topological polar surface area (TPSA) is 80.9 Å². The molecule has 1 amide bonds. The number of fused-ring (bicyclic) bond motifs is 1. The molecular weight excluding hydrogens is 476 g/mol. The van der Waals surface area contributed by atoms with E-state index in [9.17, 15) is 9.59 Å². The molecule has 1 saturated heterocycles. The molecule has 0 spiro atoms. The maximum Gasteiger partial charge on any atom is 0.326 e. The molecule has 1 N–H and O–H groups in total. The number of para-hydroxylation sites is 3. The summed E-state index contributed by atoms with van der Waals surface area (Å²) in [4.78, 5) is 31.2. The summed E-state index contributed by atoms with van der Waals surface area (Å²) in [5.41, 5.74) is 4.35. The molecule has 1 aliphatic rings. The summed E-state index contributed by atoms with van der Waals surface area (Å²) in [6, 6.07) is 20.9. The van der Waals surface area contributed by atoms with Crippen LogP contribution in [0.2, 0.25) is 5.02 Å². The lowest BCUT2D eigenvalue weighted by atomic mass is 10.0. The zero-order valence-corrected chi connectivity index (χ0v) is 20.5. The highest BCUT2D eigenvalue weighted by Gasteiger charge is 2.29. The summed E-state index contributed by atoms with van der Waals surface area (Å²) >= 11 is 6.50. The maximum absolute atomic E-state index is 13.8. The minimum atomic E-state index is -0.106. The van der Waals surface area contributed by atoms with E-state index in [0.717, 1.165) is 16.7 Å². The van der Waals surface area contributed by atoms with Crippen LogP contribution in [0.3, 0.4) is 0 Å². The van der Waals surface area contributed by atoms with Gasteiger partial charge in [-0.15, -0.1) is 0 Å². The highest BCUT2D eigenvalue weighted by molar-refractivity contribution is 6.32. The van der Waals surface area contributed by atoms with E-state index < -0.39 is 0 Å². The van der Waals surface area contributed by atoms with Gasteiger partial charge in [-0.3, -0.25) is 9.36 Å². The van der Waals surface area contributed by atoms with Crippen molar-refractivity contribution in [2.75, 3.05) is 13.1 Å². The van der Waals surface area contributed by atoms with E-state index in [1.807, 2.05) is 87.9 Å². The summed E-state index contributed by atoms with van der Waals surface area (Å²) in [7, 11) is 1.95. The minimum absolute atomic E-state index is 0.0325. The summed E-state index contributed by atoms with van der Waals surface area (Å²) < 4.78 is 5.44. The fourth-order valence-corrected chi connectivity index (χ4v) is 5.33. The van der Waals surface area contributed by atoms with Gasteiger partial charge in [0, 0.05) is 32.4 Å². The Kier molecular flexibility index (Phi) is 5.53. The molecule has 182 valence electrons. The Bertz CT molecular complexity index is 1630. The lowest BCUT2D eigenvalue weighted by Crippen LogP contribution is -2.41. The van der Waals surface area contributed by atoms with Gasteiger partial charge in [0.15, 0.2) is 0 Å². The van der Waals surface area contributed by atoms with Crippen molar-refractivity contribution in [3.8, 4) is 17.1 Å². The first-order chi connectivity index (χ1) is 17.5. The number of hydrogen-bond donors (Lipinski definition) is 1. The lowest BCUT2D eigenvalue weighted by Gasteiger charge is -2.32. The van der Waals surface area contributed by atoms with Crippen molar-refractivity contribution in [2.45, 2.75) is 18.9 Å². The smallest absolute Gasteiger partial charge is 0.326 e. The van der Waals surface area contributed by atoms with Crippen molar-refractivity contribution in [2.24, 2.45) is 7.05 Å². The Morgan fingerprint density at radius 2 is 1.78 bits per heavy atom. The molecule has 1 fully saturated rings. The largest absolute Gasteiger partial charge is 0.349 e. The predicted molar refractivity (Wildman–Crippen MR) is 140 cm³/mol. The Hall–Kier alpha value is -4.04. The Labute approximate surface area is 212 Å². The first kappa shape index (κ1) is 22.4. The van der Waals surface area contributed by atoms with Crippen LogP contribution in [0.15, 0.2) is 77.7 Å². The van der Waals surface area contributed by atoms with Crippen LogP contribution in [0, 0.1) is 0 Å². The van der Waals surface area contributed by atoms with Crippen LogP contribution < -0.4 is 5.69 Å². The number of aromatic amines is 1. The van der Waals surface area contributed by atoms with Gasteiger partial charge in [-0.05, 0) is 55.3 Å². The summed E-state index contributed by atoms with van der Waals surface area (Å²) in [5.74, 6) is -0.104. The van der Waals surface area contributed by atoms with Gasteiger partial charge in [0.1, 0.15) is 11.4 Å². The number of piperidine rings is 1. The molecule has 8 nitrogen and oxygen atoms in total. The Morgan fingerprint density at radius 3 is 2.53 bits per heavy atom. The number of amides is 1. The van der Waals surface area contributed by atoms with E-state index in [0.29, 0.717) is 48.0 Å². The number of nitrogens with zero attached hydrogens (tertiary/aromatic N) is 5. The van der Waals surface area contributed by atoms with Gasteiger partial charge in [-0.25, -0.2) is 9.48 Å². The van der Waals surface area contributed by atoms with Crippen LogP contribution in [0.1, 0.15) is 29.4 Å². The van der Waals surface area contributed by atoms with Crippen LogP contribution >= 0.6 is 11.6 Å². The fourth-order valence-electron chi connectivity index (χ4n) is 5.12. The molecule has 3 aromatic heterocycles. The monoisotopic (exact) mass is 500 g/mol. The zero-order valence-electron chi connectivity index (χ0n) is 19.8. The number of hydrogen-bond acceptors (Lipinski definition) is 3. The van der Waals surface area contributed by atoms with Crippen molar-refractivity contribution >= 4 is 28.5 Å². The van der Waals surface area contributed by atoms with Crippen molar-refractivity contribution in [1.82, 2.24) is 28.8 Å². The lowest BCUT2D eigenvalue weighted by molar-refractivity contribution is 0.0686. The Morgan fingerprint density at radius 1 is 1.03 bits per heavy atom. The standard InChI is InChI=1S/C27H25ClN6O2/c1-31-14-6-11-23(31)21-17-25(34(30-21)22-9-4-2-7-19(22)28)26(35)32-15-12-18(13-16-32)33-24-10-5-3-8-20(24)29-27(33)36/h2-11,14,17-18H,12-13,15-16H2,1H3,(H,29,36). The first-order valence-electron chi connectivity index (χ1n) is 12.0. The van der Waals surface area contributed by atoms with E-state index in [4.69, 9.17) is 16.7 Å². The molecule has 0 saturated carbocycles. The quantitative estimate of drug-likeness (QED) is 0.390. The molecule has 0 radical (unpaired) electrons. The number of rotatable bonds is 4. The molecule has 9 heteroatoms. The maximum atomic E-state index is 13.8. The van der Waals surface area contributed by atoms with Crippen molar-refractivity contribution in [3.05, 3.63) is 94.1 Å². The molecule has 36 heavy (non-hydrogen) atoms. The van der Waals surface area contributed by atoms with E-state index in [2.05, 4.69) is 4.98 Å². The van der Waals surface area contributed by atoms with Crippen LogP contribution in [0.4, 0.5) is 0 Å². The van der Waals surface area contributed by atoms with Crippen LogP contribution in [-0.4, -0.2) is 47.8 Å². The van der Waals surface area contributed by atoms with Crippen LogP contribution in [0.5, 0.6) is 0 Å². The summed E-state index contributed by atoms with van der Waals surface area (Å²) in [6.07, 6.45) is 3.33. The molecular formula is C27H25ClN6O2. The molecule has 0 aliphatic carbocycles. The number of aryl methyl sites for hydroxylation is 1. The number of nitrogens with one attached hydrogen (secondary N) is 1. The van der Waals surface area contributed by atoms with E-state index in [1.54, 1.807) is 10.7 Å². The number of carbonyl (C=O) groups is 1. The van der Waals surface area contributed by atoms with Gasteiger partial charge in [-0.1, -0.05) is 35.9 Å². The van der Waals surface area contributed by atoms with Gasteiger partial charge in [0.2, 0.25) is 0 Å². The minimum Gasteiger partial charge on any atom is -0.349 e. The molecule has 0 atom stereocenters. The second-order valence-corrected chi connectivity index (χ2v) is 9.53. The van der Waals surface area contributed by atoms with Crippen molar-refractivity contribution < 1.29 is 4.79 Å². The second kappa shape index (κ2) is 8.87. The number of halogens is 1. The van der Waals surface area contributed by atoms with Gasteiger partial charge in [0.25, 0.3) is 5.91 Å². The molecule has 1 aliphatic heterocycles. The van der Waals surface area contributed by atoms with Crippen LogP contribution in [-0.2, 0) is 7.05 Å². The second-order valence-electron chi connectivity index (χ2n) is 9.12. The number of H-pyrrole nitrogens is 1. The number of aromatic nitrogens is 5. The molecule has 4 heterocycles. The number of likely N-dealkylation sites (tertiary alicyclic amines) is 1. The molecule has 6 rings (SSSR count). The van der Waals surface area contributed by atoms with Gasteiger partial charge in [-0.2, -0.15) is 5.10 Å². The highest BCUT2D eigenvalue weighted by atomic mass is 35.5. The van der Waals surface area contributed by atoms with E-state index in [1.165, 1.54) is 0 Å². The van der Waals surface area contributed by atoms with Crippen LogP contribution in [0.25, 0.3) is 28.1 Å². The Balaban J connectivity index is 1.31. The number of carbonyl (C=O) groups excluding carboxylic acids is 1. The average molecular weight is 501 g/mol. The average Bonchev–Trinajstić information content (AvgIpc) is 3.60. The summed E-state index contributed by atoms with van der Waals surface area (Å²) in [5, 5.41) is 5.30. The fraction of sp³-hybridized carbons (Fsp3) is 0.222. The molecule has 2 aromatic carbocycles. The zero-order chi connectivity index (χ0) is 24.8. The third kappa shape index (κ3) is 3.74. The molecule has 5 aromatic rings. The highest BCUT2D eigenvalue weighted by Crippen LogP contribution is 2.29. The van der Waals surface area contributed by atoms with Gasteiger partial charge < -0.3 is 14.5 Å². The van der Waals surface area contributed by atoms with Crippen molar-refractivity contribution in [3.63, 3.8) is 0 Å². The van der Waals surface area contributed by atoms with Gasteiger partial charge in [0.05, 0.1) is 27.4 Å². The molecule has 0 bridgehead atoms. The molecule has 0 unspecified atom stereocenters. The predicted octanol–water partition coefficient (Wildman–Crippen LogP) is 4.65. The normalized spacial score (nSPS) is 14.6.